The number of hydrogen-bond donors (Lipinski definition) is 1. The summed E-state index contributed by atoms with van der Waals surface area (Å²) in [6.45, 7) is 4.43. The van der Waals surface area contributed by atoms with E-state index >= 15 is 0 Å². The summed E-state index contributed by atoms with van der Waals surface area (Å²) in [7, 11) is 0. The molecule has 0 aliphatic carbocycles. The number of hydrogen-bond acceptors (Lipinski definition) is 4. The average molecular weight is 398 g/mol. The van der Waals surface area contributed by atoms with E-state index in [1.807, 2.05) is 4.68 Å². The Morgan fingerprint density at radius 1 is 1.04 bits per heavy atom. The first-order valence-corrected chi connectivity index (χ1v) is 9.31. The highest BCUT2D eigenvalue weighted by molar-refractivity contribution is 9.10. The van der Waals surface area contributed by atoms with Gasteiger partial charge in [0.25, 0.3) is 0 Å². The second kappa shape index (κ2) is 6.59. The van der Waals surface area contributed by atoms with E-state index < -0.39 is 0 Å². The Bertz CT molecular complexity index is 854. The molecule has 1 aromatic heterocycles. The van der Waals surface area contributed by atoms with Gasteiger partial charge in [0, 0.05) is 4.47 Å². The van der Waals surface area contributed by atoms with Crippen molar-refractivity contribution < 1.29 is 0 Å². The Labute approximate surface area is 155 Å². The molecule has 2 heterocycles. The summed E-state index contributed by atoms with van der Waals surface area (Å²) in [5, 5.41) is 15.7. The number of rotatable bonds is 3. The smallest absolute Gasteiger partial charge is 0.243 e. The largest absolute Gasteiger partial charge is 0.346 e. The Hall–Kier alpha value is -2.21. The predicted molar refractivity (Wildman–Crippen MR) is 102 cm³/mol. The minimum atomic E-state index is 0.120. The van der Waals surface area contributed by atoms with Gasteiger partial charge in [-0.25, -0.2) is 4.68 Å². The van der Waals surface area contributed by atoms with Gasteiger partial charge in [-0.1, -0.05) is 71.3 Å². The highest BCUT2D eigenvalue weighted by Crippen LogP contribution is 2.37. The molecule has 0 radical (unpaired) electrons. The quantitative estimate of drug-likeness (QED) is 0.695. The summed E-state index contributed by atoms with van der Waals surface area (Å²) in [6, 6.07) is 17.6. The molecule has 2 aromatic carbocycles. The summed E-state index contributed by atoms with van der Waals surface area (Å²) in [5.41, 5.74) is 3.83. The van der Waals surface area contributed by atoms with E-state index in [0.717, 1.165) is 16.8 Å². The minimum Gasteiger partial charge on any atom is -0.346 e. The van der Waals surface area contributed by atoms with Gasteiger partial charge < -0.3 is 5.32 Å². The minimum absolute atomic E-state index is 0.120. The summed E-state index contributed by atoms with van der Waals surface area (Å²) in [6.07, 6.45) is 0.903. The number of benzene rings is 2. The average Bonchev–Trinajstić information content (AvgIpc) is 3.10. The number of anilines is 1. The Balaban J connectivity index is 1.67. The third-order valence-electron chi connectivity index (χ3n) is 4.81. The molecule has 0 amide bonds. The monoisotopic (exact) mass is 397 g/mol. The molecule has 0 saturated carbocycles. The molecular formula is C19H20BrN5. The molecule has 1 N–H and O–H groups in total. The molecule has 1 aliphatic heterocycles. The fourth-order valence-electron chi connectivity index (χ4n) is 3.33. The van der Waals surface area contributed by atoms with Crippen molar-refractivity contribution in [3.63, 3.8) is 0 Å². The van der Waals surface area contributed by atoms with E-state index in [4.69, 9.17) is 0 Å². The van der Waals surface area contributed by atoms with E-state index in [0.29, 0.717) is 5.92 Å². The van der Waals surface area contributed by atoms with E-state index in [-0.39, 0.29) is 12.1 Å². The number of tetrazole rings is 1. The lowest BCUT2D eigenvalue weighted by molar-refractivity contribution is 0.423. The summed E-state index contributed by atoms with van der Waals surface area (Å²) >= 11 is 3.50. The topological polar surface area (TPSA) is 55.6 Å². The van der Waals surface area contributed by atoms with Gasteiger partial charge in [0.1, 0.15) is 0 Å². The molecule has 2 atom stereocenters. The molecule has 3 aromatic rings. The molecule has 6 heteroatoms. The van der Waals surface area contributed by atoms with Gasteiger partial charge >= 0.3 is 0 Å². The molecule has 128 valence electrons. The number of nitrogens with zero attached hydrogens (tertiary/aromatic N) is 4. The lowest BCUT2D eigenvalue weighted by Crippen LogP contribution is -2.28. The highest BCUT2D eigenvalue weighted by Gasteiger charge is 2.30. The molecule has 0 unspecified atom stereocenters. The van der Waals surface area contributed by atoms with Crippen LogP contribution in [-0.4, -0.2) is 20.2 Å². The van der Waals surface area contributed by atoms with Crippen molar-refractivity contribution in [1.82, 2.24) is 20.2 Å². The first kappa shape index (κ1) is 16.3. The fourth-order valence-corrected chi connectivity index (χ4v) is 3.60. The standard InChI is InChI=1S/C19H20BrN5/c1-12(2)13-3-5-14(6-4-13)17-11-18(15-7-9-16(20)10-8-15)25-19(21-17)22-23-24-25/h3-10,12,17-18H,11H2,1-2H3,(H,21,22,24)/t17-,18+/m1/s1. The van der Waals surface area contributed by atoms with Crippen LogP contribution < -0.4 is 5.32 Å². The first-order valence-electron chi connectivity index (χ1n) is 8.51. The maximum atomic E-state index is 4.18. The van der Waals surface area contributed by atoms with Crippen LogP contribution in [0.25, 0.3) is 0 Å². The normalized spacial score (nSPS) is 19.5. The second-order valence-electron chi connectivity index (χ2n) is 6.77. The van der Waals surface area contributed by atoms with Crippen LogP contribution in [0.3, 0.4) is 0 Å². The van der Waals surface area contributed by atoms with Crippen LogP contribution in [0.5, 0.6) is 0 Å². The third kappa shape index (κ3) is 3.18. The molecule has 0 spiro atoms. The zero-order chi connectivity index (χ0) is 17.4. The van der Waals surface area contributed by atoms with Crippen molar-refractivity contribution in [2.75, 3.05) is 5.32 Å². The van der Waals surface area contributed by atoms with Gasteiger partial charge in [-0.05, 0) is 51.6 Å². The molecule has 4 rings (SSSR count). The highest BCUT2D eigenvalue weighted by atomic mass is 79.9. The van der Waals surface area contributed by atoms with Crippen LogP contribution in [0.4, 0.5) is 5.95 Å². The molecule has 0 fully saturated rings. The Kier molecular flexibility index (Phi) is 4.29. The number of aromatic nitrogens is 4. The van der Waals surface area contributed by atoms with Crippen LogP contribution in [0.1, 0.15) is 55.0 Å². The van der Waals surface area contributed by atoms with E-state index in [2.05, 4.69) is 99.2 Å². The van der Waals surface area contributed by atoms with E-state index in [1.165, 1.54) is 16.7 Å². The van der Waals surface area contributed by atoms with Gasteiger partial charge in [-0.2, -0.15) is 0 Å². The summed E-state index contributed by atoms with van der Waals surface area (Å²) in [5.74, 6) is 1.26. The zero-order valence-corrected chi connectivity index (χ0v) is 15.8. The Morgan fingerprint density at radius 3 is 2.40 bits per heavy atom. The molecule has 1 aliphatic rings. The number of fused-ring (bicyclic) bond motifs is 1. The van der Waals surface area contributed by atoms with Gasteiger partial charge in [-0.15, -0.1) is 0 Å². The van der Waals surface area contributed by atoms with Crippen LogP contribution >= 0.6 is 15.9 Å². The lowest BCUT2D eigenvalue weighted by Gasteiger charge is -2.31. The van der Waals surface area contributed by atoms with Gasteiger partial charge in [0.05, 0.1) is 12.1 Å². The van der Waals surface area contributed by atoms with Crippen LogP contribution in [0.2, 0.25) is 0 Å². The zero-order valence-electron chi connectivity index (χ0n) is 14.2. The number of halogens is 1. The van der Waals surface area contributed by atoms with Crippen LogP contribution in [0, 0.1) is 0 Å². The van der Waals surface area contributed by atoms with Gasteiger partial charge in [0.15, 0.2) is 0 Å². The Morgan fingerprint density at radius 2 is 1.72 bits per heavy atom. The lowest BCUT2D eigenvalue weighted by atomic mass is 9.92. The fraction of sp³-hybridized carbons (Fsp3) is 0.316. The van der Waals surface area contributed by atoms with Crippen molar-refractivity contribution >= 4 is 21.9 Å². The van der Waals surface area contributed by atoms with Crippen molar-refractivity contribution in [3.05, 3.63) is 69.7 Å². The third-order valence-corrected chi connectivity index (χ3v) is 5.34. The van der Waals surface area contributed by atoms with E-state index in [9.17, 15) is 0 Å². The SMILES string of the molecule is CC(C)c1ccc([C@H]2C[C@@H](c3ccc(Br)cc3)n3nnnc3N2)cc1. The first-order chi connectivity index (χ1) is 12.1. The predicted octanol–water partition coefficient (Wildman–Crippen LogP) is 4.71. The van der Waals surface area contributed by atoms with Gasteiger partial charge in [0.2, 0.25) is 5.95 Å². The molecule has 0 saturated heterocycles. The summed E-state index contributed by atoms with van der Waals surface area (Å²) in [4.78, 5) is 0. The van der Waals surface area contributed by atoms with Crippen molar-refractivity contribution in [2.24, 2.45) is 0 Å². The van der Waals surface area contributed by atoms with Crippen LogP contribution in [-0.2, 0) is 0 Å². The van der Waals surface area contributed by atoms with Crippen molar-refractivity contribution in [2.45, 2.75) is 38.3 Å². The van der Waals surface area contributed by atoms with Crippen molar-refractivity contribution in [1.29, 1.82) is 0 Å². The van der Waals surface area contributed by atoms with E-state index in [1.54, 1.807) is 0 Å². The number of nitrogens with one attached hydrogen (secondary N) is 1. The second-order valence-corrected chi connectivity index (χ2v) is 7.68. The van der Waals surface area contributed by atoms with Crippen LogP contribution in [0.15, 0.2) is 53.0 Å². The van der Waals surface area contributed by atoms with Crippen molar-refractivity contribution in [3.8, 4) is 0 Å². The molecular weight excluding hydrogens is 378 g/mol. The molecule has 25 heavy (non-hydrogen) atoms. The molecule has 0 bridgehead atoms. The van der Waals surface area contributed by atoms with Gasteiger partial charge in [-0.3, -0.25) is 0 Å². The maximum Gasteiger partial charge on any atom is 0.243 e. The summed E-state index contributed by atoms with van der Waals surface area (Å²) < 4.78 is 2.95. The maximum absolute atomic E-state index is 4.18. The molecule has 5 nitrogen and oxygen atoms in total.